The molecule has 4 heteroatoms. The maximum absolute atomic E-state index is 6.12. The van der Waals surface area contributed by atoms with E-state index >= 15 is 0 Å². The van der Waals surface area contributed by atoms with E-state index in [9.17, 15) is 0 Å². The van der Waals surface area contributed by atoms with Gasteiger partial charge in [0.15, 0.2) is 0 Å². The Bertz CT molecular complexity index is 504. The van der Waals surface area contributed by atoms with E-state index in [0.717, 1.165) is 23.0 Å². The highest BCUT2D eigenvalue weighted by atomic mass is 35.5. The number of halogens is 2. The Kier molecular flexibility index (Phi) is 5.31. The molecule has 2 aromatic rings. The molecular weight excluding hydrogens is 255 g/mol. The van der Waals surface area contributed by atoms with Crippen LogP contribution in [0.4, 0.5) is 0 Å². The van der Waals surface area contributed by atoms with Gasteiger partial charge >= 0.3 is 0 Å². The number of hydrogen-bond donors (Lipinski definition) is 2. The van der Waals surface area contributed by atoms with Crippen molar-refractivity contribution in [3.05, 3.63) is 33.4 Å². The van der Waals surface area contributed by atoms with Crippen LogP contribution in [0.1, 0.15) is 25.1 Å². The van der Waals surface area contributed by atoms with Crippen LogP contribution in [-0.4, -0.2) is 11.5 Å². The summed E-state index contributed by atoms with van der Waals surface area (Å²) in [7, 11) is 0. The molecule has 0 spiro atoms. The normalized spacial score (nSPS) is 10.2. The third-order valence-electron chi connectivity index (χ3n) is 2.62. The first-order valence-corrected chi connectivity index (χ1v) is 6.56. The van der Waals surface area contributed by atoms with E-state index in [2.05, 4.69) is 11.9 Å². The smallest absolute Gasteiger partial charge is 0.0833 e. The molecule has 0 saturated carbocycles. The first-order chi connectivity index (χ1) is 8.15. The molecule has 0 saturated heterocycles. The summed E-state index contributed by atoms with van der Waals surface area (Å²) in [4.78, 5) is 3.28. The quantitative estimate of drug-likeness (QED) is 0.841. The van der Waals surface area contributed by atoms with Crippen molar-refractivity contribution in [2.24, 2.45) is 5.73 Å². The number of aromatic nitrogens is 1. The fraction of sp³-hybridized carbons (Fsp3) is 0.385. The summed E-state index contributed by atoms with van der Waals surface area (Å²) in [5.74, 6) is 0. The molecule has 0 aliphatic carbocycles. The largest absolute Gasteiger partial charge is 0.357 e. The predicted molar refractivity (Wildman–Crippen MR) is 77.2 cm³/mol. The molecule has 1 aromatic heterocycles. The summed E-state index contributed by atoms with van der Waals surface area (Å²) in [5, 5.41) is 2.28. The molecule has 0 bridgehead atoms. The molecule has 2 nitrogen and oxygen atoms in total. The standard InChI is InChI=1S/C11H12Cl2N2.C2H6/c1-6-7-2-3-8(12)10(13)11(7)15-9(6)4-5-14;1-2/h2-3,15H,4-5,14H2,1H3;1-2H3. The van der Waals surface area contributed by atoms with Gasteiger partial charge in [0.1, 0.15) is 0 Å². The van der Waals surface area contributed by atoms with Crippen LogP contribution in [0.25, 0.3) is 10.9 Å². The third-order valence-corrected chi connectivity index (χ3v) is 3.43. The first kappa shape index (κ1) is 14.4. The topological polar surface area (TPSA) is 41.8 Å². The number of aromatic amines is 1. The molecule has 1 aromatic carbocycles. The molecule has 0 aliphatic heterocycles. The van der Waals surface area contributed by atoms with Crippen LogP contribution in [0.15, 0.2) is 12.1 Å². The molecule has 0 atom stereocenters. The molecule has 0 fully saturated rings. The second-order valence-corrected chi connectivity index (χ2v) is 4.34. The Morgan fingerprint density at radius 2 is 1.88 bits per heavy atom. The zero-order valence-corrected chi connectivity index (χ0v) is 11.9. The van der Waals surface area contributed by atoms with Crippen LogP contribution in [0.5, 0.6) is 0 Å². The Morgan fingerprint density at radius 1 is 1.24 bits per heavy atom. The van der Waals surface area contributed by atoms with Crippen molar-refractivity contribution < 1.29 is 0 Å². The molecule has 0 unspecified atom stereocenters. The molecule has 3 N–H and O–H groups in total. The molecule has 0 amide bonds. The summed E-state index contributed by atoms with van der Waals surface area (Å²) < 4.78 is 0. The lowest BCUT2D eigenvalue weighted by molar-refractivity contribution is 0.930. The fourth-order valence-corrected chi connectivity index (χ4v) is 2.16. The monoisotopic (exact) mass is 272 g/mol. The average Bonchev–Trinajstić information content (AvgIpc) is 2.66. The Balaban J connectivity index is 0.000000686. The van der Waals surface area contributed by atoms with Crippen LogP contribution < -0.4 is 5.73 Å². The van der Waals surface area contributed by atoms with Gasteiger partial charge in [-0.2, -0.15) is 0 Å². The van der Waals surface area contributed by atoms with Crippen LogP contribution >= 0.6 is 23.2 Å². The number of nitrogens with two attached hydrogens (primary N) is 1. The molecule has 0 radical (unpaired) electrons. The van der Waals surface area contributed by atoms with Gasteiger partial charge in [-0.25, -0.2) is 0 Å². The highest BCUT2D eigenvalue weighted by Gasteiger charge is 2.11. The van der Waals surface area contributed by atoms with Gasteiger partial charge in [0.05, 0.1) is 15.6 Å². The Morgan fingerprint density at radius 3 is 2.47 bits per heavy atom. The van der Waals surface area contributed by atoms with Crippen molar-refractivity contribution in [1.29, 1.82) is 0 Å². The summed E-state index contributed by atoms with van der Waals surface area (Å²) in [6.07, 6.45) is 0.828. The van der Waals surface area contributed by atoms with Crippen molar-refractivity contribution in [3.8, 4) is 0 Å². The summed E-state index contributed by atoms with van der Waals surface area (Å²) >= 11 is 12.1. The van der Waals surface area contributed by atoms with Gasteiger partial charge in [-0.3, -0.25) is 0 Å². The molecule has 2 rings (SSSR count). The lowest BCUT2D eigenvalue weighted by atomic mass is 10.1. The van der Waals surface area contributed by atoms with E-state index in [1.165, 1.54) is 5.56 Å². The van der Waals surface area contributed by atoms with E-state index in [0.29, 0.717) is 16.6 Å². The number of hydrogen-bond acceptors (Lipinski definition) is 1. The molecule has 1 heterocycles. The van der Waals surface area contributed by atoms with E-state index in [4.69, 9.17) is 28.9 Å². The summed E-state index contributed by atoms with van der Waals surface area (Å²) in [5.41, 5.74) is 8.79. The van der Waals surface area contributed by atoms with Crippen molar-refractivity contribution in [3.63, 3.8) is 0 Å². The first-order valence-electron chi connectivity index (χ1n) is 5.80. The van der Waals surface area contributed by atoms with Gasteiger partial charge in [-0.15, -0.1) is 0 Å². The van der Waals surface area contributed by atoms with Gasteiger partial charge in [-0.05, 0) is 25.1 Å². The molecule has 94 valence electrons. The van der Waals surface area contributed by atoms with Crippen molar-refractivity contribution in [1.82, 2.24) is 4.98 Å². The van der Waals surface area contributed by atoms with Crippen LogP contribution in [-0.2, 0) is 6.42 Å². The number of fused-ring (bicyclic) bond motifs is 1. The second kappa shape index (κ2) is 6.29. The SMILES string of the molecule is CC.Cc1c(CCN)[nH]c2c(Cl)c(Cl)ccc12. The molecule has 0 aliphatic rings. The number of H-pyrrole nitrogens is 1. The van der Waals surface area contributed by atoms with E-state index in [1.54, 1.807) is 0 Å². The summed E-state index contributed by atoms with van der Waals surface area (Å²) in [6.45, 7) is 6.69. The van der Waals surface area contributed by atoms with Gasteiger partial charge in [0, 0.05) is 17.5 Å². The highest BCUT2D eigenvalue weighted by molar-refractivity contribution is 6.45. The average molecular weight is 273 g/mol. The minimum atomic E-state index is 0.574. The number of aryl methyl sites for hydroxylation is 1. The Hall–Kier alpha value is -0.700. The van der Waals surface area contributed by atoms with Gasteiger partial charge in [0.25, 0.3) is 0 Å². The zero-order chi connectivity index (χ0) is 13.0. The van der Waals surface area contributed by atoms with Crippen molar-refractivity contribution >= 4 is 34.1 Å². The number of benzene rings is 1. The van der Waals surface area contributed by atoms with Crippen LogP contribution in [0.3, 0.4) is 0 Å². The molecule has 17 heavy (non-hydrogen) atoms. The maximum atomic E-state index is 6.12. The maximum Gasteiger partial charge on any atom is 0.0833 e. The second-order valence-electron chi connectivity index (χ2n) is 3.55. The lowest BCUT2D eigenvalue weighted by Crippen LogP contribution is -2.03. The van der Waals surface area contributed by atoms with Crippen molar-refractivity contribution in [2.75, 3.05) is 6.54 Å². The van der Waals surface area contributed by atoms with E-state index in [-0.39, 0.29) is 0 Å². The fourth-order valence-electron chi connectivity index (χ4n) is 1.79. The minimum Gasteiger partial charge on any atom is -0.357 e. The van der Waals surface area contributed by atoms with Crippen LogP contribution in [0.2, 0.25) is 10.0 Å². The Labute approximate surface area is 112 Å². The lowest BCUT2D eigenvalue weighted by Gasteiger charge is -1.96. The van der Waals surface area contributed by atoms with Crippen LogP contribution in [0, 0.1) is 6.92 Å². The van der Waals surface area contributed by atoms with E-state index in [1.807, 2.05) is 26.0 Å². The third kappa shape index (κ3) is 2.76. The number of nitrogens with one attached hydrogen (secondary N) is 1. The predicted octanol–water partition coefficient (Wildman–Crippen LogP) is 4.31. The van der Waals surface area contributed by atoms with Gasteiger partial charge in [-0.1, -0.05) is 43.1 Å². The van der Waals surface area contributed by atoms with Gasteiger partial charge < -0.3 is 10.7 Å². The summed E-state index contributed by atoms with van der Waals surface area (Å²) in [6, 6.07) is 3.80. The zero-order valence-electron chi connectivity index (χ0n) is 10.4. The highest BCUT2D eigenvalue weighted by Crippen LogP contribution is 2.33. The van der Waals surface area contributed by atoms with E-state index < -0.39 is 0 Å². The molecular formula is C13H18Cl2N2. The minimum absolute atomic E-state index is 0.574. The van der Waals surface area contributed by atoms with Gasteiger partial charge in [0.2, 0.25) is 0 Å². The number of rotatable bonds is 2. The van der Waals surface area contributed by atoms with Crippen molar-refractivity contribution in [2.45, 2.75) is 27.2 Å².